The van der Waals surface area contributed by atoms with Crippen molar-refractivity contribution in [2.75, 3.05) is 23.8 Å². The van der Waals surface area contributed by atoms with E-state index in [1.165, 1.54) is 11.3 Å². The van der Waals surface area contributed by atoms with E-state index in [1.54, 1.807) is 11.8 Å². The van der Waals surface area contributed by atoms with Crippen LogP contribution in [0.4, 0.5) is 5.69 Å². The van der Waals surface area contributed by atoms with Crippen LogP contribution >= 0.6 is 23.1 Å². The average molecular weight is 320 g/mol. The van der Waals surface area contributed by atoms with E-state index in [1.807, 2.05) is 13.8 Å². The van der Waals surface area contributed by atoms with E-state index in [0.29, 0.717) is 27.7 Å². The van der Waals surface area contributed by atoms with E-state index in [-0.39, 0.29) is 5.91 Å². The molecule has 3 N–H and O–H groups in total. The van der Waals surface area contributed by atoms with Crippen LogP contribution in [0.15, 0.2) is 0 Å². The second-order valence-corrected chi connectivity index (χ2v) is 6.55. The summed E-state index contributed by atoms with van der Waals surface area (Å²) in [5.74, 6) is 3.79. The minimum Gasteiger partial charge on any atom is -0.397 e. The number of carbonyl (C=O) groups excluding carboxylic acids is 1. The number of aryl methyl sites for hydroxylation is 2. The van der Waals surface area contributed by atoms with Crippen LogP contribution in [-0.2, 0) is 0 Å². The van der Waals surface area contributed by atoms with Crippen LogP contribution in [0.5, 0.6) is 0 Å². The third kappa shape index (κ3) is 3.28. The second-order valence-electron chi connectivity index (χ2n) is 4.45. The van der Waals surface area contributed by atoms with Gasteiger partial charge in [0.25, 0.3) is 5.91 Å². The molecule has 2 rings (SSSR count). The van der Waals surface area contributed by atoms with Crippen LogP contribution in [0.25, 0.3) is 10.2 Å². The van der Waals surface area contributed by atoms with Crippen molar-refractivity contribution in [3.63, 3.8) is 0 Å². The molecule has 0 atom stereocenters. The van der Waals surface area contributed by atoms with E-state index in [2.05, 4.69) is 21.4 Å². The maximum Gasteiger partial charge on any atom is 0.263 e. The Balaban J connectivity index is 2.15. The molecule has 21 heavy (non-hydrogen) atoms. The summed E-state index contributed by atoms with van der Waals surface area (Å²) >= 11 is 2.88. The molecule has 0 unspecified atom stereocenters. The predicted octanol–water partition coefficient (Wildman–Crippen LogP) is 1.99. The fraction of sp³-hybridized carbons (Fsp3) is 0.357. The van der Waals surface area contributed by atoms with Gasteiger partial charge < -0.3 is 11.1 Å². The van der Waals surface area contributed by atoms with Gasteiger partial charge in [0.15, 0.2) is 0 Å². The van der Waals surface area contributed by atoms with Crippen molar-refractivity contribution in [2.24, 2.45) is 0 Å². The number of amides is 1. The topological polar surface area (TPSA) is 80.9 Å². The molecule has 2 heterocycles. The first-order valence-electron chi connectivity index (χ1n) is 6.37. The molecule has 0 bridgehead atoms. The Hall–Kier alpha value is -1.78. The minimum absolute atomic E-state index is 0.172. The van der Waals surface area contributed by atoms with E-state index in [4.69, 9.17) is 12.2 Å². The summed E-state index contributed by atoms with van der Waals surface area (Å²) < 4.78 is 0. The number of nitrogens with two attached hydrogens (primary N) is 1. The molecule has 2 aromatic rings. The minimum atomic E-state index is -0.172. The number of hydrogen-bond acceptors (Lipinski definition) is 6. The van der Waals surface area contributed by atoms with E-state index >= 15 is 0 Å². The molecular weight excluding hydrogens is 304 g/mol. The van der Waals surface area contributed by atoms with Gasteiger partial charge in [-0.3, -0.25) is 4.79 Å². The molecule has 0 aliphatic carbocycles. The first-order chi connectivity index (χ1) is 10.1. The summed E-state index contributed by atoms with van der Waals surface area (Å²) in [6.45, 7) is 4.37. The van der Waals surface area contributed by atoms with Crippen LogP contribution in [0, 0.1) is 26.2 Å². The first kappa shape index (κ1) is 15.6. The zero-order chi connectivity index (χ0) is 15.4. The fourth-order valence-electron chi connectivity index (χ4n) is 1.86. The number of fused-ring (bicyclic) bond motifs is 1. The first-order valence-corrected chi connectivity index (χ1v) is 8.34. The lowest BCUT2D eigenvalue weighted by Gasteiger charge is -2.03. The molecule has 0 radical (unpaired) electrons. The Morgan fingerprint density at radius 1 is 1.48 bits per heavy atom. The van der Waals surface area contributed by atoms with Crippen molar-refractivity contribution < 1.29 is 4.79 Å². The number of aromatic nitrogens is 2. The van der Waals surface area contributed by atoms with Gasteiger partial charge in [0, 0.05) is 17.7 Å². The molecule has 7 heteroatoms. The number of nitrogen functional groups attached to an aromatic ring is 1. The standard InChI is InChI=1S/C14H16N4OS2/c1-4-6-20-7-5-16-13(19)12-11(15)10-8(2)9(3)17-18-14(10)21-12/h1H,5-7,15H2,2-3H3,(H,16,19). The molecule has 110 valence electrons. The number of terminal acetylenes is 1. The van der Waals surface area contributed by atoms with E-state index in [0.717, 1.165) is 22.4 Å². The van der Waals surface area contributed by atoms with Gasteiger partial charge in [-0.05, 0) is 19.4 Å². The Morgan fingerprint density at radius 2 is 2.24 bits per heavy atom. The van der Waals surface area contributed by atoms with Crippen molar-refractivity contribution >= 4 is 44.9 Å². The third-order valence-corrected chi connectivity index (χ3v) is 5.01. The average Bonchev–Trinajstić information content (AvgIpc) is 2.80. The van der Waals surface area contributed by atoms with Crippen molar-refractivity contribution in [1.29, 1.82) is 0 Å². The lowest BCUT2D eigenvalue weighted by atomic mass is 10.1. The Labute approximate surface area is 131 Å². The predicted molar refractivity (Wildman–Crippen MR) is 89.8 cm³/mol. The van der Waals surface area contributed by atoms with Crippen LogP contribution in [-0.4, -0.2) is 34.2 Å². The monoisotopic (exact) mass is 320 g/mol. The molecule has 5 nitrogen and oxygen atoms in total. The second kappa shape index (κ2) is 6.78. The normalized spacial score (nSPS) is 10.5. The molecule has 0 saturated carbocycles. The van der Waals surface area contributed by atoms with Crippen molar-refractivity contribution in [3.8, 4) is 12.3 Å². The van der Waals surface area contributed by atoms with E-state index < -0.39 is 0 Å². The highest BCUT2D eigenvalue weighted by atomic mass is 32.2. The highest BCUT2D eigenvalue weighted by Gasteiger charge is 2.19. The number of nitrogens with one attached hydrogen (secondary N) is 1. The van der Waals surface area contributed by atoms with Gasteiger partial charge in [0.2, 0.25) is 0 Å². The largest absolute Gasteiger partial charge is 0.397 e. The fourth-order valence-corrected chi connectivity index (χ4v) is 3.38. The summed E-state index contributed by atoms with van der Waals surface area (Å²) in [4.78, 5) is 13.4. The maximum atomic E-state index is 12.2. The smallest absolute Gasteiger partial charge is 0.263 e. The highest BCUT2D eigenvalue weighted by molar-refractivity contribution is 7.99. The van der Waals surface area contributed by atoms with Crippen molar-refractivity contribution in [1.82, 2.24) is 15.5 Å². The summed E-state index contributed by atoms with van der Waals surface area (Å²) in [6, 6.07) is 0. The quantitative estimate of drug-likeness (QED) is 0.650. The van der Waals surface area contributed by atoms with Crippen LogP contribution in [0.2, 0.25) is 0 Å². The SMILES string of the molecule is C#CCSCCNC(=O)c1sc2nnc(C)c(C)c2c1N. The van der Waals surface area contributed by atoms with Gasteiger partial charge >= 0.3 is 0 Å². The number of rotatable bonds is 5. The van der Waals surface area contributed by atoms with Gasteiger partial charge in [-0.15, -0.1) is 34.6 Å². The van der Waals surface area contributed by atoms with Crippen LogP contribution in [0.3, 0.4) is 0 Å². The lowest BCUT2D eigenvalue weighted by Crippen LogP contribution is -2.25. The number of carbonyl (C=O) groups is 1. The molecule has 0 saturated heterocycles. The summed E-state index contributed by atoms with van der Waals surface area (Å²) in [5, 5.41) is 11.9. The molecule has 0 aromatic carbocycles. The number of thiophene rings is 1. The molecule has 0 spiro atoms. The van der Waals surface area contributed by atoms with Crippen LogP contribution < -0.4 is 11.1 Å². The molecule has 0 aliphatic heterocycles. The van der Waals surface area contributed by atoms with Gasteiger partial charge in [-0.1, -0.05) is 5.92 Å². The summed E-state index contributed by atoms with van der Waals surface area (Å²) in [6.07, 6.45) is 5.16. The molecule has 1 amide bonds. The highest BCUT2D eigenvalue weighted by Crippen LogP contribution is 2.34. The van der Waals surface area contributed by atoms with Crippen molar-refractivity contribution in [3.05, 3.63) is 16.1 Å². The lowest BCUT2D eigenvalue weighted by molar-refractivity contribution is 0.0961. The van der Waals surface area contributed by atoms with E-state index in [9.17, 15) is 4.79 Å². The van der Waals surface area contributed by atoms with Gasteiger partial charge in [-0.25, -0.2) is 0 Å². The molecule has 0 fully saturated rings. The van der Waals surface area contributed by atoms with Crippen molar-refractivity contribution in [2.45, 2.75) is 13.8 Å². The van der Waals surface area contributed by atoms with Gasteiger partial charge in [0.1, 0.15) is 9.71 Å². The number of nitrogens with zero attached hydrogens (tertiary/aromatic N) is 2. The number of anilines is 1. The third-order valence-electron chi connectivity index (χ3n) is 3.06. The molecule has 0 aliphatic rings. The zero-order valence-corrected chi connectivity index (χ0v) is 13.5. The Morgan fingerprint density at radius 3 is 2.95 bits per heavy atom. The molecule has 2 aromatic heterocycles. The van der Waals surface area contributed by atoms with Gasteiger partial charge in [-0.2, -0.15) is 5.10 Å². The summed E-state index contributed by atoms with van der Waals surface area (Å²) in [5.41, 5.74) is 8.39. The maximum absolute atomic E-state index is 12.2. The Bertz CT molecular complexity index is 718. The van der Waals surface area contributed by atoms with Gasteiger partial charge in [0.05, 0.1) is 17.1 Å². The number of thioether (sulfide) groups is 1. The van der Waals surface area contributed by atoms with Crippen LogP contribution in [0.1, 0.15) is 20.9 Å². The zero-order valence-electron chi connectivity index (χ0n) is 11.9. The number of hydrogen-bond donors (Lipinski definition) is 2. The summed E-state index contributed by atoms with van der Waals surface area (Å²) in [7, 11) is 0. The Kier molecular flexibility index (Phi) is 5.04. The molecular formula is C14H16N4OS2.